The normalized spacial score (nSPS) is 15.9. The lowest BCUT2D eigenvalue weighted by molar-refractivity contribution is -0.136. The Balaban J connectivity index is 1.75. The van der Waals surface area contributed by atoms with Gasteiger partial charge in [-0.3, -0.25) is 19.3 Å². The quantitative estimate of drug-likeness (QED) is 0.414. The second-order valence-corrected chi connectivity index (χ2v) is 10.0. The Bertz CT molecular complexity index is 1280. The van der Waals surface area contributed by atoms with Crippen molar-refractivity contribution in [3.63, 3.8) is 0 Å². The smallest absolute Gasteiger partial charge is 0.279 e. The fourth-order valence-corrected chi connectivity index (χ4v) is 4.12. The molecule has 10 heteroatoms. The van der Waals surface area contributed by atoms with Crippen LogP contribution in [0.4, 0.5) is 5.69 Å². The molecule has 0 radical (unpaired) electrons. The van der Waals surface area contributed by atoms with Crippen molar-refractivity contribution >= 4 is 23.4 Å². The molecule has 2 aromatic rings. The predicted molar refractivity (Wildman–Crippen MR) is 132 cm³/mol. The molecule has 10 nitrogen and oxygen atoms in total. The molecule has 190 valence electrons. The molecule has 0 aliphatic carbocycles. The second-order valence-electron chi connectivity index (χ2n) is 10.0. The summed E-state index contributed by atoms with van der Waals surface area (Å²) in [5.41, 5.74) is 0.694. The summed E-state index contributed by atoms with van der Waals surface area (Å²) in [6.45, 7) is 6.17. The Hall–Kier alpha value is -4.21. The van der Waals surface area contributed by atoms with E-state index in [0.717, 1.165) is 10.5 Å². The molecule has 0 saturated heterocycles. The average Bonchev–Trinajstić information content (AvgIpc) is 3.36. The van der Waals surface area contributed by atoms with Crippen LogP contribution in [0.15, 0.2) is 47.8 Å². The average molecular weight is 495 g/mol. The van der Waals surface area contributed by atoms with Crippen LogP contribution in [-0.4, -0.2) is 60.6 Å². The lowest BCUT2D eigenvalue weighted by atomic mass is 9.82. The number of nitrogens with zero attached hydrogens (tertiary/aromatic N) is 2. The summed E-state index contributed by atoms with van der Waals surface area (Å²) in [4.78, 5) is 40.9. The summed E-state index contributed by atoms with van der Waals surface area (Å²) in [5.74, 6) is -0.551. The Morgan fingerprint density at radius 2 is 1.72 bits per heavy atom. The van der Waals surface area contributed by atoms with Gasteiger partial charge in [-0.25, -0.2) is 0 Å². The molecule has 0 spiro atoms. The van der Waals surface area contributed by atoms with Crippen LogP contribution < -0.4 is 20.1 Å². The molecule has 0 fully saturated rings. The Morgan fingerprint density at radius 3 is 2.39 bits per heavy atom. The number of benzene rings is 2. The second kappa shape index (κ2) is 9.10. The largest absolute Gasteiger partial charge is 0.505 e. The van der Waals surface area contributed by atoms with Gasteiger partial charge in [0.05, 0.1) is 17.3 Å². The van der Waals surface area contributed by atoms with E-state index in [1.165, 1.54) is 24.1 Å². The van der Waals surface area contributed by atoms with Crippen LogP contribution in [-0.2, 0) is 9.59 Å². The first-order chi connectivity index (χ1) is 16.9. The standard InChI is InChI=1S/C26H30N4O6/c1-26(2,3)22(14-10-11-17-18(12-14)36-13-35-17)28-20-19(24(33)30(6)25(20)34)27-16-9-7-8-15(21(16)31)23(32)29(4)5/h7-12,22,27-28,31H,13H2,1-6H3/t22-/m0/s1. The summed E-state index contributed by atoms with van der Waals surface area (Å²) >= 11 is 0. The van der Waals surface area contributed by atoms with Crippen LogP contribution in [0.2, 0.25) is 0 Å². The van der Waals surface area contributed by atoms with Crippen LogP contribution in [0, 0.1) is 5.41 Å². The maximum Gasteiger partial charge on any atom is 0.279 e. The zero-order valence-electron chi connectivity index (χ0n) is 21.1. The van der Waals surface area contributed by atoms with Gasteiger partial charge in [0, 0.05) is 21.1 Å². The van der Waals surface area contributed by atoms with Crippen molar-refractivity contribution < 1.29 is 29.0 Å². The number of phenols is 1. The van der Waals surface area contributed by atoms with Gasteiger partial charge in [0.25, 0.3) is 17.7 Å². The molecule has 36 heavy (non-hydrogen) atoms. The summed E-state index contributed by atoms with van der Waals surface area (Å²) in [6, 6.07) is 9.76. The summed E-state index contributed by atoms with van der Waals surface area (Å²) in [5, 5.41) is 16.9. The first-order valence-electron chi connectivity index (χ1n) is 11.4. The first-order valence-corrected chi connectivity index (χ1v) is 11.4. The first kappa shape index (κ1) is 24.9. The van der Waals surface area contributed by atoms with Crippen molar-refractivity contribution in [1.29, 1.82) is 0 Å². The van der Waals surface area contributed by atoms with Gasteiger partial charge < -0.3 is 30.1 Å². The third kappa shape index (κ3) is 4.41. The number of amides is 3. The number of hydrogen-bond acceptors (Lipinski definition) is 8. The highest BCUT2D eigenvalue weighted by Crippen LogP contribution is 2.40. The highest BCUT2D eigenvalue weighted by atomic mass is 16.7. The molecule has 2 aliphatic rings. The minimum Gasteiger partial charge on any atom is -0.505 e. The van der Waals surface area contributed by atoms with Crippen LogP contribution in [0.1, 0.15) is 42.7 Å². The Kier molecular flexibility index (Phi) is 6.30. The number of carbonyl (C=O) groups is 3. The van der Waals surface area contributed by atoms with Gasteiger partial charge in [-0.05, 0) is 35.2 Å². The van der Waals surface area contributed by atoms with Crippen molar-refractivity contribution in [3.05, 3.63) is 58.9 Å². The molecule has 0 bridgehead atoms. The molecular weight excluding hydrogens is 464 g/mol. The van der Waals surface area contributed by atoms with Gasteiger partial charge in [-0.15, -0.1) is 0 Å². The SMILES string of the molecule is CN(C)C(=O)c1cccc(NC2=C(N[C@@H](c3ccc4c(c3)OCO4)C(C)(C)C)C(=O)N(C)C2=O)c1O. The number of nitrogens with one attached hydrogen (secondary N) is 2. The molecule has 2 aliphatic heterocycles. The minimum absolute atomic E-state index is 0.0257. The summed E-state index contributed by atoms with van der Waals surface area (Å²) < 4.78 is 10.9. The number of ether oxygens (including phenoxy) is 2. The highest BCUT2D eigenvalue weighted by molar-refractivity contribution is 6.20. The van der Waals surface area contributed by atoms with E-state index in [0.29, 0.717) is 11.5 Å². The lowest BCUT2D eigenvalue weighted by Crippen LogP contribution is -2.36. The van der Waals surface area contributed by atoms with Crippen molar-refractivity contribution in [1.82, 2.24) is 15.1 Å². The third-order valence-electron chi connectivity index (χ3n) is 6.10. The molecule has 2 aromatic carbocycles. The zero-order valence-corrected chi connectivity index (χ0v) is 21.1. The topological polar surface area (TPSA) is 120 Å². The monoisotopic (exact) mass is 494 g/mol. The van der Waals surface area contributed by atoms with E-state index < -0.39 is 23.8 Å². The number of carbonyl (C=O) groups excluding carboxylic acids is 3. The van der Waals surface area contributed by atoms with E-state index in [1.807, 2.05) is 39.0 Å². The molecule has 2 heterocycles. The van der Waals surface area contributed by atoms with Crippen molar-refractivity contribution in [3.8, 4) is 17.2 Å². The summed E-state index contributed by atoms with van der Waals surface area (Å²) in [6.07, 6.45) is 0. The van der Waals surface area contributed by atoms with Crippen LogP contribution >= 0.6 is 0 Å². The van der Waals surface area contributed by atoms with Gasteiger partial charge >= 0.3 is 0 Å². The van der Waals surface area contributed by atoms with Gasteiger partial charge in [0.2, 0.25) is 6.79 Å². The number of rotatable bonds is 6. The van der Waals surface area contributed by atoms with E-state index in [4.69, 9.17) is 9.47 Å². The molecule has 0 saturated carbocycles. The number of likely N-dealkylation sites (N-methyl/N-ethyl adjacent to an activating group) is 1. The predicted octanol–water partition coefficient (Wildman–Crippen LogP) is 2.82. The van der Waals surface area contributed by atoms with Crippen molar-refractivity contribution in [2.75, 3.05) is 33.3 Å². The maximum atomic E-state index is 13.1. The Labute approximate surface area is 209 Å². The van der Waals surface area contributed by atoms with Gasteiger partial charge in [0.1, 0.15) is 11.4 Å². The van der Waals surface area contributed by atoms with E-state index in [-0.39, 0.29) is 40.6 Å². The van der Waals surface area contributed by atoms with E-state index in [2.05, 4.69) is 10.6 Å². The number of aromatic hydroxyl groups is 1. The minimum atomic E-state index is -0.565. The van der Waals surface area contributed by atoms with Crippen molar-refractivity contribution in [2.24, 2.45) is 5.41 Å². The maximum absolute atomic E-state index is 13.1. The molecule has 1 atom stereocenters. The van der Waals surface area contributed by atoms with Crippen LogP contribution in [0.5, 0.6) is 17.2 Å². The van der Waals surface area contributed by atoms with E-state index in [1.54, 1.807) is 20.2 Å². The van der Waals surface area contributed by atoms with Gasteiger partial charge in [-0.2, -0.15) is 0 Å². The lowest BCUT2D eigenvalue weighted by Gasteiger charge is -2.33. The Morgan fingerprint density at radius 1 is 1.06 bits per heavy atom. The molecule has 0 aromatic heterocycles. The third-order valence-corrected chi connectivity index (χ3v) is 6.10. The van der Waals surface area contributed by atoms with Crippen LogP contribution in [0.25, 0.3) is 0 Å². The van der Waals surface area contributed by atoms with Crippen molar-refractivity contribution in [2.45, 2.75) is 26.8 Å². The fourth-order valence-electron chi connectivity index (χ4n) is 4.12. The van der Waals surface area contributed by atoms with E-state index in [9.17, 15) is 19.5 Å². The number of fused-ring (bicyclic) bond motifs is 1. The molecule has 3 N–H and O–H groups in total. The summed E-state index contributed by atoms with van der Waals surface area (Å²) in [7, 11) is 4.53. The van der Waals surface area contributed by atoms with Gasteiger partial charge in [-0.1, -0.05) is 32.9 Å². The number of imide groups is 1. The van der Waals surface area contributed by atoms with Crippen LogP contribution in [0.3, 0.4) is 0 Å². The number of para-hydroxylation sites is 1. The molecule has 3 amide bonds. The zero-order chi connectivity index (χ0) is 26.4. The number of anilines is 1. The fraction of sp³-hybridized carbons (Fsp3) is 0.346. The van der Waals surface area contributed by atoms with Gasteiger partial charge in [0.15, 0.2) is 17.2 Å². The number of hydrogen-bond donors (Lipinski definition) is 3. The highest BCUT2D eigenvalue weighted by Gasteiger charge is 2.40. The molecule has 4 rings (SSSR count). The molecular formula is C26H30N4O6. The number of phenolic OH excluding ortho intramolecular Hbond substituents is 1. The molecule has 0 unspecified atom stereocenters. The van der Waals surface area contributed by atoms with E-state index >= 15 is 0 Å².